The maximum absolute atomic E-state index is 5.03. The molecule has 0 fully saturated rings. The molecule has 3 heteroatoms. The lowest BCUT2D eigenvalue weighted by Gasteiger charge is -2.23. The van der Waals surface area contributed by atoms with Crippen molar-refractivity contribution in [2.45, 2.75) is 12.1 Å². The highest BCUT2D eigenvalue weighted by Gasteiger charge is 2.32. The van der Waals surface area contributed by atoms with Gasteiger partial charge in [-0.1, -0.05) is 48.5 Å². The van der Waals surface area contributed by atoms with E-state index >= 15 is 0 Å². The van der Waals surface area contributed by atoms with Crippen LogP contribution in [0.1, 0.15) is 23.2 Å². The molecule has 3 nitrogen and oxygen atoms in total. The molecular formula is C20H15N3. The molecule has 0 aromatic heterocycles. The van der Waals surface area contributed by atoms with Crippen molar-refractivity contribution in [3.8, 4) is 0 Å². The van der Waals surface area contributed by atoms with Crippen LogP contribution in [0.3, 0.4) is 0 Å². The summed E-state index contributed by atoms with van der Waals surface area (Å²) >= 11 is 0. The van der Waals surface area contributed by atoms with Gasteiger partial charge in [0.15, 0.2) is 0 Å². The zero-order chi connectivity index (χ0) is 15.2. The van der Waals surface area contributed by atoms with Crippen molar-refractivity contribution in [2.75, 3.05) is 5.32 Å². The Hall–Kier alpha value is -2.94. The maximum Gasteiger partial charge on any atom is 0.104 e. The molecule has 0 aliphatic carbocycles. The summed E-state index contributed by atoms with van der Waals surface area (Å²) in [4.78, 5) is 10.1. The highest BCUT2D eigenvalue weighted by molar-refractivity contribution is 5.70. The summed E-state index contributed by atoms with van der Waals surface area (Å²) in [7, 11) is 0. The van der Waals surface area contributed by atoms with Crippen molar-refractivity contribution in [1.82, 2.24) is 0 Å². The van der Waals surface area contributed by atoms with E-state index in [1.165, 1.54) is 11.1 Å². The maximum atomic E-state index is 5.03. The highest BCUT2D eigenvalue weighted by Crippen LogP contribution is 2.45. The first-order valence-corrected chi connectivity index (χ1v) is 7.86. The summed E-state index contributed by atoms with van der Waals surface area (Å²) in [5.74, 6) is 0. The van der Waals surface area contributed by atoms with Crippen molar-refractivity contribution in [2.24, 2.45) is 9.98 Å². The Kier molecular flexibility index (Phi) is 2.62. The molecule has 1 N–H and O–H groups in total. The third-order valence-electron chi connectivity index (χ3n) is 4.57. The van der Waals surface area contributed by atoms with Gasteiger partial charge in [-0.2, -0.15) is 0 Å². The van der Waals surface area contributed by atoms with Gasteiger partial charge in [0.1, 0.15) is 12.1 Å². The van der Waals surface area contributed by atoms with E-state index in [0.29, 0.717) is 0 Å². The van der Waals surface area contributed by atoms with Gasteiger partial charge in [0.2, 0.25) is 0 Å². The number of nitrogens with zero attached hydrogens (tertiary/aromatic N) is 2. The second-order valence-electron chi connectivity index (χ2n) is 5.94. The van der Waals surface area contributed by atoms with Gasteiger partial charge in [0, 0.05) is 22.5 Å². The van der Waals surface area contributed by atoms with Crippen LogP contribution in [0.4, 0.5) is 11.4 Å². The standard InChI is InChI=1S/C20H15N3/c1-3-9-15-13(7-1)19-20(14-8-2-4-10-16(14)21-15)23-18-12-6-5-11-17(18)22-19/h1-12,19-21H. The summed E-state index contributed by atoms with van der Waals surface area (Å²) in [6.07, 6.45) is 0. The fourth-order valence-electron chi connectivity index (χ4n) is 3.49. The number of hydrogen-bond donors (Lipinski definition) is 1. The van der Waals surface area contributed by atoms with E-state index < -0.39 is 0 Å². The van der Waals surface area contributed by atoms with Gasteiger partial charge in [-0.25, -0.2) is 0 Å². The van der Waals surface area contributed by atoms with Gasteiger partial charge in [0.25, 0.3) is 0 Å². The van der Waals surface area contributed by atoms with Crippen LogP contribution in [-0.2, 0) is 0 Å². The normalized spacial score (nSPS) is 20.3. The minimum Gasteiger partial charge on any atom is -0.355 e. The number of anilines is 2. The molecule has 2 unspecified atom stereocenters. The summed E-state index contributed by atoms with van der Waals surface area (Å²) in [5.41, 5.74) is 4.63. The first-order valence-electron chi connectivity index (χ1n) is 7.86. The monoisotopic (exact) mass is 297 g/mol. The van der Waals surface area contributed by atoms with Crippen molar-refractivity contribution in [3.63, 3.8) is 0 Å². The zero-order valence-electron chi connectivity index (χ0n) is 12.5. The molecule has 0 saturated heterocycles. The van der Waals surface area contributed by atoms with Gasteiger partial charge < -0.3 is 5.32 Å². The first-order chi connectivity index (χ1) is 11.4. The van der Waals surface area contributed by atoms with Gasteiger partial charge in [-0.3, -0.25) is 9.98 Å². The van der Waals surface area contributed by atoms with Crippen LogP contribution in [0.5, 0.6) is 0 Å². The second kappa shape index (κ2) is 4.78. The molecule has 23 heavy (non-hydrogen) atoms. The van der Waals surface area contributed by atoms with Crippen LogP contribution < -0.4 is 16.0 Å². The topological polar surface area (TPSA) is 36.8 Å². The Balaban J connectivity index is 1.86. The van der Waals surface area contributed by atoms with E-state index in [-0.39, 0.29) is 12.1 Å². The van der Waals surface area contributed by atoms with Crippen molar-refractivity contribution in [1.29, 1.82) is 0 Å². The van der Waals surface area contributed by atoms with Crippen molar-refractivity contribution < 1.29 is 0 Å². The highest BCUT2D eigenvalue weighted by atomic mass is 15.0. The SMILES string of the molecule is c1ccc2c(c1)Nc1ccccc1C1N=c3ccccc3=NC21. The average molecular weight is 297 g/mol. The Labute approximate surface area is 134 Å². The molecule has 0 bridgehead atoms. The molecule has 3 aromatic rings. The summed E-state index contributed by atoms with van der Waals surface area (Å²) < 4.78 is 0. The molecule has 5 rings (SSSR count). The Morgan fingerprint density at radius 1 is 0.565 bits per heavy atom. The lowest BCUT2D eigenvalue weighted by Crippen LogP contribution is -2.32. The van der Waals surface area contributed by atoms with Gasteiger partial charge in [0.05, 0.1) is 10.7 Å². The largest absolute Gasteiger partial charge is 0.355 e. The van der Waals surface area contributed by atoms with Crippen LogP contribution in [-0.4, -0.2) is 0 Å². The smallest absolute Gasteiger partial charge is 0.104 e. The minimum atomic E-state index is 0.0113. The predicted octanol–water partition coefficient (Wildman–Crippen LogP) is 3.48. The number of nitrogens with one attached hydrogen (secondary N) is 1. The molecule has 0 radical (unpaired) electrons. The lowest BCUT2D eigenvalue weighted by atomic mass is 9.93. The van der Waals surface area contributed by atoms with E-state index in [1.807, 2.05) is 24.3 Å². The molecular weight excluding hydrogens is 282 g/mol. The summed E-state index contributed by atoms with van der Waals surface area (Å²) in [6, 6.07) is 24.9. The van der Waals surface area contributed by atoms with Crippen LogP contribution in [0.25, 0.3) is 0 Å². The predicted molar refractivity (Wildman–Crippen MR) is 90.4 cm³/mol. The van der Waals surface area contributed by atoms with E-state index in [0.717, 1.165) is 22.1 Å². The average Bonchev–Trinajstić information content (AvgIpc) is 2.74. The molecule has 2 atom stereocenters. The Morgan fingerprint density at radius 2 is 1.00 bits per heavy atom. The molecule has 3 aromatic carbocycles. The Morgan fingerprint density at radius 3 is 1.52 bits per heavy atom. The second-order valence-corrected chi connectivity index (χ2v) is 5.94. The van der Waals surface area contributed by atoms with Gasteiger partial charge in [-0.15, -0.1) is 0 Å². The third-order valence-corrected chi connectivity index (χ3v) is 4.57. The quantitative estimate of drug-likeness (QED) is 0.677. The van der Waals surface area contributed by atoms with Crippen molar-refractivity contribution in [3.05, 3.63) is 94.6 Å². The van der Waals surface area contributed by atoms with E-state index in [2.05, 4.69) is 53.8 Å². The van der Waals surface area contributed by atoms with Crippen LogP contribution in [0.15, 0.2) is 82.8 Å². The summed E-state index contributed by atoms with van der Waals surface area (Å²) in [5, 5.41) is 5.52. The zero-order valence-corrected chi connectivity index (χ0v) is 12.5. The third kappa shape index (κ3) is 1.90. The van der Waals surface area contributed by atoms with Gasteiger partial charge >= 0.3 is 0 Å². The van der Waals surface area contributed by atoms with E-state index in [4.69, 9.17) is 9.98 Å². The number of fused-ring (bicyclic) bond motifs is 6. The molecule has 2 aliphatic heterocycles. The number of hydrogen-bond acceptors (Lipinski definition) is 3. The molecule has 2 aliphatic rings. The fourth-order valence-corrected chi connectivity index (χ4v) is 3.49. The molecule has 0 saturated carbocycles. The lowest BCUT2D eigenvalue weighted by molar-refractivity contribution is 0.541. The minimum absolute atomic E-state index is 0.0113. The number of rotatable bonds is 0. The van der Waals surface area contributed by atoms with E-state index in [1.54, 1.807) is 0 Å². The molecule has 0 amide bonds. The number of para-hydroxylation sites is 4. The van der Waals surface area contributed by atoms with Crippen LogP contribution >= 0.6 is 0 Å². The molecule has 110 valence electrons. The van der Waals surface area contributed by atoms with Crippen LogP contribution in [0, 0.1) is 0 Å². The summed E-state index contributed by atoms with van der Waals surface area (Å²) in [6.45, 7) is 0. The molecule has 0 spiro atoms. The number of benzene rings is 3. The van der Waals surface area contributed by atoms with Gasteiger partial charge in [-0.05, 0) is 24.3 Å². The Bertz CT molecular complexity index is 940. The van der Waals surface area contributed by atoms with E-state index in [9.17, 15) is 0 Å². The van der Waals surface area contributed by atoms with Crippen LogP contribution in [0.2, 0.25) is 0 Å². The first kappa shape index (κ1) is 12.6. The fraction of sp³-hybridized carbons (Fsp3) is 0.100. The molecule has 2 heterocycles. The van der Waals surface area contributed by atoms with Crippen molar-refractivity contribution >= 4 is 11.4 Å².